The molecule has 2 N–H and O–H groups in total. The largest absolute Gasteiger partial charge is 0.494 e. The van der Waals surface area contributed by atoms with Gasteiger partial charge in [0.25, 0.3) is 5.91 Å². The van der Waals surface area contributed by atoms with Crippen LogP contribution in [0.15, 0.2) is 58.7 Å². The van der Waals surface area contributed by atoms with E-state index in [9.17, 15) is 10.1 Å². The first-order valence-corrected chi connectivity index (χ1v) is 10.4. The van der Waals surface area contributed by atoms with Crippen molar-refractivity contribution in [3.8, 4) is 11.8 Å². The highest BCUT2D eigenvalue weighted by Gasteiger charge is 2.17. The molecule has 152 valence electrons. The second-order valence-corrected chi connectivity index (χ2v) is 7.49. The van der Waals surface area contributed by atoms with E-state index in [0.717, 1.165) is 33.3 Å². The van der Waals surface area contributed by atoms with E-state index in [1.165, 1.54) is 6.20 Å². The standard InChI is InChI=1S/C23H26BrN3O2/c1-4-29-22-10-9-16(2)13-20(22)17(3)27-23(28)19(14-25)15-26-12-11-18-7-5-6-8-21(18)24/h5-10,13,15,17,26H,4,11-12H2,1-3H3,(H,27,28)/b19-15-. The van der Waals surface area contributed by atoms with E-state index in [1.54, 1.807) is 0 Å². The zero-order valence-corrected chi connectivity index (χ0v) is 18.5. The fourth-order valence-electron chi connectivity index (χ4n) is 2.88. The molecule has 0 aromatic heterocycles. The molecule has 0 aliphatic heterocycles. The van der Waals surface area contributed by atoms with Crippen LogP contribution in [0, 0.1) is 18.3 Å². The molecule has 0 spiro atoms. The average molecular weight is 456 g/mol. The summed E-state index contributed by atoms with van der Waals surface area (Å²) in [5, 5.41) is 15.3. The second-order valence-electron chi connectivity index (χ2n) is 6.63. The molecule has 1 amide bonds. The number of nitrogens with one attached hydrogen (secondary N) is 2. The third-order valence-electron chi connectivity index (χ3n) is 4.39. The fourth-order valence-corrected chi connectivity index (χ4v) is 3.36. The molecule has 0 saturated carbocycles. The van der Waals surface area contributed by atoms with Gasteiger partial charge >= 0.3 is 0 Å². The van der Waals surface area contributed by atoms with Gasteiger partial charge in [-0.15, -0.1) is 0 Å². The Hall–Kier alpha value is -2.78. The number of hydrogen-bond acceptors (Lipinski definition) is 4. The number of amides is 1. The van der Waals surface area contributed by atoms with Gasteiger partial charge in [-0.05, 0) is 44.9 Å². The van der Waals surface area contributed by atoms with Gasteiger partial charge in [-0.25, -0.2) is 0 Å². The molecule has 2 rings (SSSR count). The van der Waals surface area contributed by atoms with Crippen LogP contribution < -0.4 is 15.4 Å². The lowest BCUT2D eigenvalue weighted by Gasteiger charge is -2.18. The first kappa shape index (κ1) is 22.5. The highest BCUT2D eigenvalue weighted by atomic mass is 79.9. The molecular formula is C23H26BrN3O2. The lowest BCUT2D eigenvalue weighted by Crippen LogP contribution is -2.29. The Kier molecular flexibility index (Phi) is 8.75. The molecule has 0 radical (unpaired) electrons. The number of rotatable bonds is 9. The van der Waals surface area contributed by atoms with Gasteiger partial charge in [0.15, 0.2) is 0 Å². The maximum Gasteiger partial charge on any atom is 0.263 e. The fraction of sp³-hybridized carbons (Fsp3) is 0.304. The van der Waals surface area contributed by atoms with Crippen LogP contribution in [0.5, 0.6) is 5.75 Å². The summed E-state index contributed by atoms with van der Waals surface area (Å²) in [6, 6.07) is 15.5. The van der Waals surface area contributed by atoms with Gasteiger partial charge in [0.2, 0.25) is 0 Å². The van der Waals surface area contributed by atoms with E-state index < -0.39 is 5.91 Å². The van der Waals surface area contributed by atoms with E-state index in [-0.39, 0.29) is 11.6 Å². The van der Waals surface area contributed by atoms with Crippen molar-refractivity contribution in [1.29, 1.82) is 5.26 Å². The van der Waals surface area contributed by atoms with Crippen molar-refractivity contribution in [2.45, 2.75) is 33.2 Å². The zero-order valence-electron chi connectivity index (χ0n) is 17.0. The van der Waals surface area contributed by atoms with Crippen LogP contribution in [-0.2, 0) is 11.2 Å². The zero-order chi connectivity index (χ0) is 21.2. The number of carbonyl (C=O) groups is 1. The minimum Gasteiger partial charge on any atom is -0.494 e. The van der Waals surface area contributed by atoms with E-state index in [1.807, 2.05) is 69.3 Å². The first-order valence-electron chi connectivity index (χ1n) is 9.57. The van der Waals surface area contributed by atoms with Crippen LogP contribution in [0.25, 0.3) is 0 Å². The lowest BCUT2D eigenvalue weighted by molar-refractivity contribution is -0.117. The molecule has 1 atom stereocenters. The van der Waals surface area contributed by atoms with Crippen LogP contribution in [0.4, 0.5) is 0 Å². The summed E-state index contributed by atoms with van der Waals surface area (Å²) in [7, 11) is 0. The Morgan fingerprint density at radius 2 is 2.07 bits per heavy atom. The van der Waals surface area contributed by atoms with Gasteiger partial charge in [0.1, 0.15) is 17.4 Å². The number of carbonyl (C=O) groups excluding carboxylic acids is 1. The van der Waals surface area contributed by atoms with E-state index in [0.29, 0.717) is 13.2 Å². The number of nitrogens with zero attached hydrogens (tertiary/aromatic N) is 1. The number of benzene rings is 2. The Morgan fingerprint density at radius 1 is 1.31 bits per heavy atom. The van der Waals surface area contributed by atoms with Crippen LogP contribution in [0.2, 0.25) is 0 Å². The number of halogens is 1. The van der Waals surface area contributed by atoms with E-state index in [4.69, 9.17) is 4.74 Å². The predicted molar refractivity (Wildman–Crippen MR) is 118 cm³/mol. The quantitative estimate of drug-likeness (QED) is 0.329. The maximum absolute atomic E-state index is 12.5. The van der Waals surface area contributed by atoms with Crippen molar-refractivity contribution in [2.75, 3.05) is 13.2 Å². The van der Waals surface area contributed by atoms with Crippen molar-refractivity contribution >= 4 is 21.8 Å². The van der Waals surface area contributed by atoms with Crippen molar-refractivity contribution < 1.29 is 9.53 Å². The summed E-state index contributed by atoms with van der Waals surface area (Å²) < 4.78 is 6.71. The highest BCUT2D eigenvalue weighted by Crippen LogP contribution is 2.26. The molecule has 0 heterocycles. The summed E-state index contributed by atoms with van der Waals surface area (Å²) in [6.07, 6.45) is 2.24. The van der Waals surface area contributed by atoms with Crippen LogP contribution in [-0.4, -0.2) is 19.1 Å². The molecular weight excluding hydrogens is 430 g/mol. The number of aryl methyl sites for hydroxylation is 1. The minimum atomic E-state index is -0.419. The molecule has 2 aromatic carbocycles. The smallest absolute Gasteiger partial charge is 0.263 e. The van der Waals surface area contributed by atoms with Crippen LogP contribution >= 0.6 is 15.9 Å². The summed E-state index contributed by atoms with van der Waals surface area (Å²) in [4.78, 5) is 12.5. The van der Waals surface area contributed by atoms with Crippen LogP contribution in [0.1, 0.15) is 36.6 Å². The molecule has 6 heteroatoms. The molecule has 0 aliphatic carbocycles. The molecule has 5 nitrogen and oxygen atoms in total. The van der Waals surface area contributed by atoms with Gasteiger partial charge in [-0.3, -0.25) is 4.79 Å². The third-order valence-corrected chi connectivity index (χ3v) is 5.16. The van der Waals surface area contributed by atoms with Crippen molar-refractivity contribution in [2.24, 2.45) is 0 Å². The highest BCUT2D eigenvalue weighted by molar-refractivity contribution is 9.10. The maximum atomic E-state index is 12.5. The third kappa shape index (κ3) is 6.65. The van der Waals surface area contributed by atoms with Crippen molar-refractivity contribution in [1.82, 2.24) is 10.6 Å². The molecule has 1 unspecified atom stereocenters. The van der Waals surface area contributed by atoms with Crippen LogP contribution in [0.3, 0.4) is 0 Å². The normalized spacial score (nSPS) is 12.0. The number of nitriles is 1. The summed E-state index contributed by atoms with van der Waals surface area (Å²) in [6.45, 7) is 6.95. The molecule has 0 saturated heterocycles. The van der Waals surface area contributed by atoms with Crippen molar-refractivity contribution in [3.05, 3.63) is 75.4 Å². The Labute approximate surface area is 180 Å². The summed E-state index contributed by atoms with van der Waals surface area (Å²) in [5.74, 6) is 0.317. The lowest BCUT2D eigenvalue weighted by atomic mass is 10.0. The minimum absolute atomic E-state index is 0.0367. The molecule has 29 heavy (non-hydrogen) atoms. The Bertz CT molecular complexity index is 919. The van der Waals surface area contributed by atoms with Gasteiger partial charge in [-0.1, -0.05) is 51.8 Å². The predicted octanol–water partition coefficient (Wildman–Crippen LogP) is 4.57. The Balaban J connectivity index is 1.98. The molecule has 0 fully saturated rings. The van der Waals surface area contributed by atoms with E-state index in [2.05, 4.69) is 26.6 Å². The molecule has 2 aromatic rings. The van der Waals surface area contributed by atoms with Gasteiger partial charge in [0, 0.05) is 22.8 Å². The van der Waals surface area contributed by atoms with E-state index >= 15 is 0 Å². The molecule has 0 aliphatic rings. The van der Waals surface area contributed by atoms with Crippen molar-refractivity contribution in [3.63, 3.8) is 0 Å². The molecule has 0 bridgehead atoms. The average Bonchev–Trinajstić information content (AvgIpc) is 2.70. The number of ether oxygens (including phenoxy) is 1. The topological polar surface area (TPSA) is 74.1 Å². The van der Waals surface area contributed by atoms with Gasteiger partial charge in [-0.2, -0.15) is 5.26 Å². The van der Waals surface area contributed by atoms with Gasteiger partial charge < -0.3 is 15.4 Å². The summed E-state index contributed by atoms with van der Waals surface area (Å²) in [5.41, 5.74) is 3.16. The first-order chi connectivity index (χ1) is 14.0. The monoisotopic (exact) mass is 455 g/mol. The SMILES string of the molecule is CCOc1ccc(C)cc1C(C)NC(=O)/C(C#N)=C\NCCc1ccccc1Br. The number of hydrogen-bond donors (Lipinski definition) is 2. The second kappa shape index (κ2) is 11.3. The summed E-state index contributed by atoms with van der Waals surface area (Å²) >= 11 is 3.52. The Morgan fingerprint density at radius 3 is 2.76 bits per heavy atom. The van der Waals surface area contributed by atoms with Gasteiger partial charge in [0.05, 0.1) is 12.6 Å².